The summed E-state index contributed by atoms with van der Waals surface area (Å²) < 4.78 is 0. The van der Waals surface area contributed by atoms with E-state index < -0.39 is 0 Å². The zero-order chi connectivity index (χ0) is 13.1. The fourth-order valence-corrected chi connectivity index (χ4v) is 3.05. The fourth-order valence-electron chi connectivity index (χ4n) is 1.73. The van der Waals surface area contributed by atoms with Gasteiger partial charge in [-0.3, -0.25) is 0 Å². The average molecular weight is 291 g/mol. The van der Waals surface area contributed by atoms with Crippen molar-refractivity contribution in [3.63, 3.8) is 0 Å². The Morgan fingerprint density at radius 2 is 2.21 bits per heavy atom. The van der Waals surface area contributed by atoms with Crippen molar-refractivity contribution in [2.45, 2.75) is 13.5 Å². The van der Waals surface area contributed by atoms with Gasteiger partial charge in [0.15, 0.2) is 0 Å². The van der Waals surface area contributed by atoms with E-state index in [0.717, 1.165) is 28.3 Å². The van der Waals surface area contributed by atoms with Gasteiger partial charge in [-0.15, -0.1) is 22.7 Å². The minimum absolute atomic E-state index is 0.665. The lowest BCUT2D eigenvalue weighted by atomic mass is 10.3. The van der Waals surface area contributed by atoms with Gasteiger partial charge < -0.3 is 10.6 Å². The molecule has 5 nitrogen and oxygen atoms in total. The highest BCUT2D eigenvalue weighted by atomic mass is 32.1. The summed E-state index contributed by atoms with van der Waals surface area (Å²) in [6, 6.07) is 2.04. The van der Waals surface area contributed by atoms with E-state index in [1.165, 1.54) is 0 Å². The Balaban J connectivity index is 1.89. The van der Waals surface area contributed by atoms with Crippen LogP contribution in [0.3, 0.4) is 0 Å². The summed E-state index contributed by atoms with van der Waals surface area (Å²) >= 11 is 3.22. The van der Waals surface area contributed by atoms with Crippen molar-refractivity contribution < 1.29 is 0 Å². The van der Waals surface area contributed by atoms with Crippen molar-refractivity contribution in [3.8, 4) is 0 Å². The maximum Gasteiger partial charge on any atom is 0.226 e. The van der Waals surface area contributed by atoms with E-state index in [2.05, 4.69) is 25.6 Å². The summed E-state index contributed by atoms with van der Waals surface area (Å²) in [4.78, 5) is 14.2. The van der Waals surface area contributed by atoms with E-state index in [4.69, 9.17) is 0 Å². The Labute approximate surface area is 118 Å². The van der Waals surface area contributed by atoms with E-state index in [0.29, 0.717) is 12.5 Å². The number of rotatable bonds is 5. The molecule has 0 radical (unpaired) electrons. The van der Waals surface area contributed by atoms with Crippen LogP contribution in [0, 0.1) is 0 Å². The van der Waals surface area contributed by atoms with E-state index in [1.807, 2.05) is 29.3 Å². The summed E-state index contributed by atoms with van der Waals surface area (Å²) in [6.45, 7) is 3.52. The van der Waals surface area contributed by atoms with Gasteiger partial charge >= 0.3 is 0 Å². The molecule has 0 atom stereocenters. The van der Waals surface area contributed by atoms with E-state index in [9.17, 15) is 0 Å². The number of fused-ring (bicyclic) bond motifs is 1. The first-order valence-corrected chi connectivity index (χ1v) is 7.79. The van der Waals surface area contributed by atoms with E-state index in [-0.39, 0.29) is 0 Å². The third-order valence-electron chi connectivity index (χ3n) is 2.58. The lowest BCUT2D eigenvalue weighted by Gasteiger charge is -2.08. The van der Waals surface area contributed by atoms with Crippen molar-refractivity contribution in [2.75, 3.05) is 17.2 Å². The molecule has 3 rings (SSSR count). The van der Waals surface area contributed by atoms with Gasteiger partial charge in [0.25, 0.3) is 0 Å². The molecule has 0 aliphatic rings. The van der Waals surface area contributed by atoms with Crippen LogP contribution >= 0.6 is 22.7 Å². The topological polar surface area (TPSA) is 62.7 Å². The molecular weight excluding hydrogens is 278 g/mol. The molecule has 19 heavy (non-hydrogen) atoms. The molecule has 0 saturated heterocycles. The van der Waals surface area contributed by atoms with Crippen molar-refractivity contribution in [1.82, 2.24) is 15.0 Å². The quantitative estimate of drug-likeness (QED) is 0.756. The smallest absolute Gasteiger partial charge is 0.226 e. The van der Waals surface area contributed by atoms with Crippen LogP contribution in [0.2, 0.25) is 0 Å². The zero-order valence-corrected chi connectivity index (χ0v) is 12.0. The van der Waals surface area contributed by atoms with Gasteiger partial charge in [0, 0.05) is 11.9 Å². The molecule has 0 aliphatic carbocycles. The number of nitrogens with one attached hydrogen (secondary N) is 2. The molecule has 0 amide bonds. The summed E-state index contributed by atoms with van der Waals surface area (Å²) in [5.74, 6) is 1.52. The van der Waals surface area contributed by atoms with Gasteiger partial charge in [-0.1, -0.05) is 0 Å². The highest BCUT2D eigenvalue weighted by molar-refractivity contribution is 7.16. The second-order valence-electron chi connectivity index (χ2n) is 3.90. The van der Waals surface area contributed by atoms with E-state index >= 15 is 0 Å². The second-order valence-corrected chi connectivity index (χ2v) is 5.51. The predicted octanol–water partition coefficient (Wildman–Crippen LogP) is 3.19. The third-order valence-corrected chi connectivity index (χ3v) is 4.02. The van der Waals surface area contributed by atoms with Crippen LogP contribution in [-0.2, 0) is 6.54 Å². The van der Waals surface area contributed by atoms with Crippen LogP contribution in [0.15, 0.2) is 22.3 Å². The molecule has 0 aromatic carbocycles. The van der Waals surface area contributed by atoms with Crippen LogP contribution in [0.4, 0.5) is 11.8 Å². The molecule has 3 aromatic heterocycles. The number of thiophene rings is 1. The molecule has 0 unspecified atom stereocenters. The van der Waals surface area contributed by atoms with Crippen LogP contribution in [0.5, 0.6) is 0 Å². The van der Waals surface area contributed by atoms with Gasteiger partial charge in [0.1, 0.15) is 10.6 Å². The summed E-state index contributed by atoms with van der Waals surface area (Å²) in [5, 5.41) is 11.6. The fraction of sp³-hybridized carbons (Fsp3) is 0.250. The molecule has 2 N–H and O–H groups in total. The van der Waals surface area contributed by atoms with Crippen LogP contribution < -0.4 is 10.6 Å². The molecule has 7 heteroatoms. The first-order chi connectivity index (χ1) is 9.36. The first kappa shape index (κ1) is 12.3. The molecule has 98 valence electrons. The third kappa shape index (κ3) is 2.66. The number of thiazole rings is 1. The molecule has 3 aromatic rings. The SMILES string of the molecule is CCNc1nc(NCc2cscn2)c2ccsc2n1. The minimum Gasteiger partial charge on any atom is -0.364 e. The molecule has 0 bridgehead atoms. The zero-order valence-electron chi connectivity index (χ0n) is 10.4. The Kier molecular flexibility index (Phi) is 3.56. The molecule has 3 heterocycles. The molecule has 0 fully saturated rings. The standard InChI is InChI=1S/C12H13N5S2/c1-2-13-12-16-10(9-3-4-19-11(9)17-12)14-5-8-6-18-7-15-8/h3-4,6-7H,2,5H2,1H3,(H2,13,14,16,17). The summed E-state index contributed by atoms with van der Waals surface area (Å²) in [6.07, 6.45) is 0. The maximum absolute atomic E-state index is 4.51. The van der Waals surface area contributed by atoms with Crippen molar-refractivity contribution in [3.05, 3.63) is 28.0 Å². The van der Waals surface area contributed by atoms with Gasteiger partial charge in [0.2, 0.25) is 5.95 Å². The number of nitrogens with zero attached hydrogens (tertiary/aromatic N) is 3. The highest BCUT2D eigenvalue weighted by Gasteiger charge is 2.08. The number of hydrogen-bond donors (Lipinski definition) is 2. The predicted molar refractivity (Wildman–Crippen MR) is 81.0 cm³/mol. The Bertz CT molecular complexity index is 662. The molecule has 0 spiro atoms. The molecular formula is C12H13N5S2. The Hall–Kier alpha value is -1.73. The van der Waals surface area contributed by atoms with Crippen LogP contribution in [0.1, 0.15) is 12.6 Å². The highest BCUT2D eigenvalue weighted by Crippen LogP contribution is 2.26. The van der Waals surface area contributed by atoms with E-state index in [1.54, 1.807) is 22.7 Å². The Morgan fingerprint density at radius 1 is 1.26 bits per heavy atom. The van der Waals surface area contributed by atoms with Gasteiger partial charge in [0.05, 0.1) is 23.1 Å². The van der Waals surface area contributed by atoms with Gasteiger partial charge in [-0.05, 0) is 18.4 Å². The number of aromatic nitrogens is 3. The number of anilines is 2. The number of hydrogen-bond acceptors (Lipinski definition) is 7. The Morgan fingerprint density at radius 3 is 3.00 bits per heavy atom. The monoisotopic (exact) mass is 291 g/mol. The second kappa shape index (κ2) is 5.50. The summed E-state index contributed by atoms with van der Waals surface area (Å²) in [7, 11) is 0. The lowest BCUT2D eigenvalue weighted by molar-refractivity contribution is 1.04. The first-order valence-electron chi connectivity index (χ1n) is 5.97. The molecule has 0 saturated carbocycles. The lowest BCUT2D eigenvalue weighted by Crippen LogP contribution is -2.06. The minimum atomic E-state index is 0.665. The summed E-state index contributed by atoms with van der Waals surface area (Å²) in [5.41, 5.74) is 2.86. The average Bonchev–Trinajstić information content (AvgIpc) is 3.07. The normalized spacial score (nSPS) is 10.8. The molecule has 0 aliphatic heterocycles. The van der Waals surface area contributed by atoms with Crippen LogP contribution in [0.25, 0.3) is 10.2 Å². The largest absolute Gasteiger partial charge is 0.364 e. The van der Waals surface area contributed by atoms with Crippen molar-refractivity contribution in [1.29, 1.82) is 0 Å². The van der Waals surface area contributed by atoms with Gasteiger partial charge in [-0.25, -0.2) is 9.97 Å². The van der Waals surface area contributed by atoms with Crippen LogP contribution in [-0.4, -0.2) is 21.5 Å². The van der Waals surface area contributed by atoms with Crippen molar-refractivity contribution >= 4 is 44.7 Å². The van der Waals surface area contributed by atoms with Gasteiger partial charge in [-0.2, -0.15) is 4.98 Å². The van der Waals surface area contributed by atoms with Crippen molar-refractivity contribution in [2.24, 2.45) is 0 Å². The maximum atomic E-state index is 4.51.